The van der Waals surface area contributed by atoms with Gasteiger partial charge >= 0.3 is 0 Å². The van der Waals surface area contributed by atoms with E-state index in [-0.39, 0.29) is 16.1 Å². The molecular formula is C21H18ClN3O3S. The number of halogens is 1. The third-order valence-electron chi connectivity index (χ3n) is 4.32. The molecule has 3 rings (SSSR count). The van der Waals surface area contributed by atoms with Gasteiger partial charge in [0.2, 0.25) is 10.0 Å². The van der Waals surface area contributed by atoms with Gasteiger partial charge in [-0.1, -0.05) is 54.1 Å². The molecule has 0 aliphatic carbocycles. The van der Waals surface area contributed by atoms with E-state index in [0.717, 1.165) is 5.56 Å². The van der Waals surface area contributed by atoms with E-state index in [1.807, 2.05) is 24.3 Å². The zero-order valence-electron chi connectivity index (χ0n) is 15.2. The number of carbonyl (C=O) groups is 1. The number of anilines is 1. The largest absolute Gasteiger partial charge is 0.398 e. The maximum absolute atomic E-state index is 11.9. The van der Waals surface area contributed by atoms with E-state index in [2.05, 4.69) is 0 Å². The molecule has 6 nitrogen and oxygen atoms in total. The number of nitrogens with two attached hydrogens (primary N) is 3. The van der Waals surface area contributed by atoms with Crippen molar-refractivity contribution in [1.29, 1.82) is 0 Å². The van der Waals surface area contributed by atoms with Crippen LogP contribution in [0.25, 0.3) is 23.3 Å². The molecule has 0 spiro atoms. The van der Waals surface area contributed by atoms with E-state index in [9.17, 15) is 13.2 Å². The van der Waals surface area contributed by atoms with Crippen LogP contribution in [0.15, 0.2) is 65.6 Å². The molecule has 0 radical (unpaired) electrons. The van der Waals surface area contributed by atoms with Crippen molar-refractivity contribution in [3.63, 3.8) is 0 Å². The molecule has 0 aromatic heterocycles. The van der Waals surface area contributed by atoms with Crippen molar-refractivity contribution < 1.29 is 13.2 Å². The van der Waals surface area contributed by atoms with Gasteiger partial charge in [-0.2, -0.15) is 0 Å². The Morgan fingerprint density at radius 1 is 0.966 bits per heavy atom. The Morgan fingerprint density at radius 3 is 2.21 bits per heavy atom. The summed E-state index contributed by atoms with van der Waals surface area (Å²) in [7, 11) is -3.81. The van der Waals surface area contributed by atoms with Crippen LogP contribution in [0.3, 0.4) is 0 Å². The first-order valence-electron chi connectivity index (χ1n) is 8.46. The molecule has 3 aromatic rings. The number of hydrogen-bond donors (Lipinski definition) is 3. The van der Waals surface area contributed by atoms with Crippen molar-refractivity contribution in [2.24, 2.45) is 10.9 Å². The first-order chi connectivity index (χ1) is 13.7. The molecule has 0 aliphatic rings. The molecule has 0 unspecified atom stereocenters. The van der Waals surface area contributed by atoms with E-state index < -0.39 is 15.9 Å². The van der Waals surface area contributed by atoms with Crippen LogP contribution in [-0.4, -0.2) is 14.3 Å². The molecule has 1 amide bonds. The Labute approximate surface area is 173 Å². The second-order valence-corrected chi connectivity index (χ2v) is 8.29. The summed E-state index contributed by atoms with van der Waals surface area (Å²) in [6, 6.07) is 16.6. The minimum Gasteiger partial charge on any atom is -0.398 e. The van der Waals surface area contributed by atoms with Crippen LogP contribution >= 0.6 is 11.6 Å². The summed E-state index contributed by atoms with van der Waals surface area (Å²) >= 11 is 6.17. The van der Waals surface area contributed by atoms with Crippen molar-refractivity contribution in [1.82, 2.24) is 0 Å². The predicted molar refractivity (Wildman–Crippen MR) is 117 cm³/mol. The number of primary sulfonamides is 1. The van der Waals surface area contributed by atoms with Crippen LogP contribution < -0.4 is 16.6 Å². The summed E-state index contributed by atoms with van der Waals surface area (Å²) < 4.78 is 22.9. The molecule has 6 N–H and O–H groups in total. The number of rotatable bonds is 5. The van der Waals surface area contributed by atoms with E-state index >= 15 is 0 Å². The Morgan fingerprint density at radius 2 is 1.62 bits per heavy atom. The van der Waals surface area contributed by atoms with Crippen molar-refractivity contribution in [2.45, 2.75) is 4.90 Å². The number of carbonyl (C=O) groups excluding carboxylic acids is 1. The molecule has 0 atom stereocenters. The molecule has 0 saturated heterocycles. The second kappa shape index (κ2) is 8.08. The average molecular weight is 428 g/mol. The quantitative estimate of drug-likeness (QED) is 0.425. The lowest BCUT2D eigenvalue weighted by Crippen LogP contribution is -2.14. The maximum Gasteiger partial charge on any atom is 0.250 e. The molecule has 0 bridgehead atoms. The van der Waals surface area contributed by atoms with Crippen molar-refractivity contribution >= 4 is 45.4 Å². The summed E-state index contributed by atoms with van der Waals surface area (Å²) in [6.45, 7) is 0. The van der Waals surface area contributed by atoms with Gasteiger partial charge in [-0.15, -0.1) is 0 Å². The lowest BCUT2D eigenvalue weighted by molar-refractivity contribution is 0.100. The lowest BCUT2D eigenvalue weighted by Gasteiger charge is -2.12. The Kier molecular flexibility index (Phi) is 5.74. The standard InChI is InChI=1S/C21H18ClN3O3S/c22-19-4-2-1-3-15(19)6-5-13-11-17(20(23)18(12-13)21(24)26)14-7-9-16(10-8-14)29(25,27)28/h1-12H,23H2,(H2,24,26)(H2,25,27,28)/b6-5+. The van der Waals surface area contributed by atoms with Gasteiger partial charge in [-0.3, -0.25) is 4.79 Å². The average Bonchev–Trinajstić information content (AvgIpc) is 2.67. The highest BCUT2D eigenvalue weighted by atomic mass is 35.5. The van der Waals surface area contributed by atoms with E-state index in [0.29, 0.717) is 21.7 Å². The molecule has 148 valence electrons. The van der Waals surface area contributed by atoms with Gasteiger partial charge in [-0.25, -0.2) is 13.6 Å². The van der Waals surface area contributed by atoms with Gasteiger partial charge < -0.3 is 11.5 Å². The summed E-state index contributed by atoms with van der Waals surface area (Å²) in [6.07, 6.45) is 3.60. The Balaban J connectivity index is 2.10. The number of nitrogen functional groups attached to an aromatic ring is 1. The van der Waals surface area contributed by atoms with E-state index in [4.69, 9.17) is 28.2 Å². The third-order valence-corrected chi connectivity index (χ3v) is 5.60. The monoisotopic (exact) mass is 427 g/mol. The minimum atomic E-state index is -3.81. The van der Waals surface area contributed by atoms with Gasteiger partial charge in [0, 0.05) is 10.6 Å². The fourth-order valence-electron chi connectivity index (χ4n) is 2.83. The Bertz CT molecular complexity index is 1220. The second-order valence-electron chi connectivity index (χ2n) is 6.32. The molecule has 0 saturated carbocycles. The predicted octanol–water partition coefficient (Wildman–Crippen LogP) is 3.51. The Hall–Kier alpha value is -3.13. The molecule has 29 heavy (non-hydrogen) atoms. The molecule has 0 fully saturated rings. The van der Waals surface area contributed by atoms with Crippen LogP contribution in [-0.2, 0) is 10.0 Å². The number of amides is 1. The van der Waals surface area contributed by atoms with Gasteiger partial charge in [0.1, 0.15) is 0 Å². The fourth-order valence-corrected chi connectivity index (χ4v) is 3.55. The molecule has 0 heterocycles. The number of benzene rings is 3. The topological polar surface area (TPSA) is 129 Å². The van der Waals surface area contributed by atoms with Crippen molar-refractivity contribution in [3.8, 4) is 11.1 Å². The molecule has 0 aliphatic heterocycles. The highest BCUT2D eigenvalue weighted by Crippen LogP contribution is 2.32. The zero-order chi connectivity index (χ0) is 21.2. The van der Waals surface area contributed by atoms with Crippen LogP contribution in [0.1, 0.15) is 21.5 Å². The van der Waals surface area contributed by atoms with Crippen molar-refractivity contribution in [3.05, 3.63) is 82.4 Å². The lowest BCUT2D eigenvalue weighted by atomic mass is 9.96. The number of sulfonamides is 1. The maximum atomic E-state index is 11.9. The highest BCUT2D eigenvalue weighted by molar-refractivity contribution is 7.89. The van der Waals surface area contributed by atoms with Gasteiger partial charge in [0.25, 0.3) is 5.91 Å². The highest BCUT2D eigenvalue weighted by Gasteiger charge is 2.14. The smallest absolute Gasteiger partial charge is 0.250 e. The van der Waals surface area contributed by atoms with Gasteiger partial charge in [0.05, 0.1) is 16.1 Å². The van der Waals surface area contributed by atoms with E-state index in [1.54, 1.807) is 36.4 Å². The van der Waals surface area contributed by atoms with Crippen molar-refractivity contribution in [2.75, 3.05) is 5.73 Å². The van der Waals surface area contributed by atoms with Crippen LogP contribution in [0.4, 0.5) is 5.69 Å². The van der Waals surface area contributed by atoms with E-state index in [1.165, 1.54) is 12.1 Å². The summed E-state index contributed by atoms with van der Waals surface area (Å²) in [5.74, 6) is -0.669. The summed E-state index contributed by atoms with van der Waals surface area (Å²) in [5, 5.41) is 5.73. The first-order valence-corrected chi connectivity index (χ1v) is 10.4. The zero-order valence-corrected chi connectivity index (χ0v) is 16.7. The third kappa shape index (κ3) is 4.65. The molecular weight excluding hydrogens is 410 g/mol. The van der Waals surface area contributed by atoms with Crippen LogP contribution in [0.2, 0.25) is 5.02 Å². The SMILES string of the molecule is NC(=O)c1cc(/C=C/c2ccccc2Cl)cc(-c2ccc(S(N)(=O)=O)cc2)c1N. The first kappa shape index (κ1) is 20.6. The van der Waals surface area contributed by atoms with Crippen LogP contribution in [0, 0.1) is 0 Å². The normalized spacial score (nSPS) is 11.7. The molecule has 8 heteroatoms. The summed E-state index contributed by atoms with van der Waals surface area (Å²) in [5.41, 5.74) is 14.7. The number of primary amides is 1. The van der Waals surface area contributed by atoms with Gasteiger partial charge in [-0.05, 0) is 47.0 Å². The number of hydrogen-bond acceptors (Lipinski definition) is 4. The van der Waals surface area contributed by atoms with Gasteiger partial charge in [0.15, 0.2) is 0 Å². The summed E-state index contributed by atoms with van der Waals surface area (Å²) in [4.78, 5) is 11.8. The van der Waals surface area contributed by atoms with Crippen LogP contribution in [0.5, 0.6) is 0 Å². The minimum absolute atomic E-state index is 0.0234. The molecule has 3 aromatic carbocycles. The fraction of sp³-hybridized carbons (Fsp3) is 0.